The first kappa shape index (κ1) is 14.5. The predicted octanol–water partition coefficient (Wildman–Crippen LogP) is 5.66. The summed E-state index contributed by atoms with van der Waals surface area (Å²) < 4.78 is 0.964. The third-order valence-electron chi connectivity index (χ3n) is 2.34. The minimum atomic E-state index is 0.953. The standard InChI is InChI=1S/C17H17Br/c1-5-9-16(12-13(2)3)17(18)14(4)15-10-7-6-8-11-15/h6-12H,1,4H2,2-3H3/b17-16-. The molecule has 0 aromatic heterocycles. The van der Waals surface area contributed by atoms with Crippen molar-refractivity contribution in [1.82, 2.24) is 0 Å². The van der Waals surface area contributed by atoms with Gasteiger partial charge in [-0.1, -0.05) is 55.1 Å². The lowest BCUT2D eigenvalue weighted by molar-refractivity contribution is 1.37. The van der Waals surface area contributed by atoms with Crippen molar-refractivity contribution in [2.45, 2.75) is 13.8 Å². The first-order valence-electron chi connectivity index (χ1n) is 5.71. The van der Waals surface area contributed by atoms with E-state index in [4.69, 9.17) is 0 Å². The second-order valence-corrected chi connectivity index (χ2v) is 4.98. The first-order chi connectivity index (χ1) is 8.56. The Morgan fingerprint density at radius 3 is 2.33 bits per heavy atom. The molecule has 0 heterocycles. The quantitative estimate of drug-likeness (QED) is 0.497. The van der Waals surface area contributed by atoms with E-state index < -0.39 is 0 Å². The van der Waals surface area contributed by atoms with Gasteiger partial charge in [-0.05, 0) is 52.6 Å². The summed E-state index contributed by atoms with van der Waals surface area (Å²) in [4.78, 5) is 0. The normalized spacial score (nSPS) is 11.1. The predicted molar refractivity (Wildman–Crippen MR) is 84.6 cm³/mol. The van der Waals surface area contributed by atoms with Crippen LogP contribution in [0.2, 0.25) is 0 Å². The van der Waals surface area contributed by atoms with E-state index in [1.807, 2.05) is 36.4 Å². The lowest BCUT2D eigenvalue weighted by atomic mass is 10.0. The summed E-state index contributed by atoms with van der Waals surface area (Å²) in [5, 5.41) is 0. The van der Waals surface area contributed by atoms with Crippen LogP contribution in [0.1, 0.15) is 19.4 Å². The summed E-state index contributed by atoms with van der Waals surface area (Å²) in [6, 6.07) is 10.1. The van der Waals surface area contributed by atoms with Gasteiger partial charge in [0.2, 0.25) is 0 Å². The second kappa shape index (κ2) is 7.00. The molecule has 0 nitrogen and oxygen atoms in total. The van der Waals surface area contributed by atoms with Gasteiger partial charge in [-0.2, -0.15) is 0 Å². The molecule has 18 heavy (non-hydrogen) atoms. The van der Waals surface area contributed by atoms with E-state index in [0.29, 0.717) is 0 Å². The van der Waals surface area contributed by atoms with Crippen molar-refractivity contribution in [3.63, 3.8) is 0 Å². The van der Waals surface area contributed by atoms with Gasteiger partial charge < -0.3 is 0 Å². The van der Waals surface area contributed by atoms with E-state index in [1.54, 1.807) is 0 Å². The van der Waals surface area contributed by atoms with Crippen molar-refractivity contribution in [2.24, 2.45) is 0 Å². The minimum absolute atomic E-state index is 0.953. The Hall–Kier alpha value is -1.56. The summed E-state index contributed by atoms with van der Waals surface area (Å²) >= 11 is 3.61. The third kappa shape index (κ3) is 4.03. The topological polar surface area (TPSA) is 0 Å². The SMILES string of the molecule is C=C=C/C(C=C(C)C)=C(/Br)C(=C)c1ccccc1. The molecule has 1 aromatic rings. The smallest absolute Gasteiger partial charge is 0.0326 e. The highest BCUT2D eigenvalue weighted by atomic mass is 79.9. The zero-order valence-electron chi connectivity index (χ0n) is 10.8. The van der Waals surface area contributed by atoms with Crippen molar-refractivity contribution in [3.8, 4) is 0 Å². The monoisotopic (exact) mass is 300 g/mol. The molecule has 0 spiro atoms. The minimum Gasteiger partial charge on any atom is -0.128 e. The van der Waals surface area contributed by atoms with Crippen molar-refractivity contribution in [2.75, 3.05) is 0 Å². The molecule has 0 saturated heterocycles. The maximum absolute atomic E-state index is 4.13. The maximum Gasteiger partial charge on any atom is 0.0326 e. The Morgan fingerprint density at radius 2 is 1.83 bits per heavy atom. The molecule has 0 aliphatic rings. The molecular formula is C17H17Br. The Balaban J connectivity index is 3.24. The van der Waals surface area contributed by atoms with E-state index in [9.17, 15) is 0 Å². The molecule has 0 aliphatic carbocycles. The van der Waals surface area contributed by atoms with E-state index in [1.165, 1.54) is 5.57 Å². The van der Waals surface area contributed by atoms with Crippen LogP contribution in [-0.4, -0.2) is 0 Å². The number of allylic oxidation sites excluding steroid dienone is 6. The van der Waals surface area contributed by atoms with Gasteiger partial charge in [-0.25, -0.2) is 0 Å². The van der Waals surface area contributed by atoms with Gasteiger partial charge in [0.25, 0.3) is 0 Å². The van der Waals surface area contributed by atoms with E-state index in [0.717, 1.165) is 21.2 Å². The average molecular weight is 301 g/mol. The van der Waals surface area contributed by atoms with Gasteiger partial charge in [-0.3, -0.25) is 0 Å². The van der Waals surface area contributed by atoms with Crippen LogP contribution in [0, 0.1) is 0 Å². The van der Waals surface area contributed by atoms with Crippen molar-refractivity contribution in [1.29, 1.82) is 0 Å². The zero-order chi connectivity index (χ0) is 13.5. The zero-order valence-corrected chi connectivity index (χ0v) is 12.4. The van der Waals surface area contributed by atoms with Crippen LogP contribution >= 0.6 is 15.9 Å². The molecule has 0 radical (unpaired) electrons. The van der Waals surface area contributed by atoms with Crippen LogP contribution in [0.3, 0.4) is 0 Å². The van der Waals surface area contributed by atoms with Crippen LogP contribution in [0.4, 0.5) is 0 Å². The van der Waals surface area contributed by atoms with Gasteiger partial charge in [0.05, 0.1) is 0 Å². The van der Waals surface area contributed by atoms with Gasteiger partial charge in [-0.15, -0.1) is 5.73 Å². The molecule has 0 bridgehead atoms. The number of hydrogen-bond acceptors (Lipinski definition) is 0. The lowest BCUT2D eigenvalue weighted by Gasteiger charge is -2.07. The highest BCUT2D eigenvalue weighted by Crippen LogP contribution is 2.30. The van der Waals surface area contributed by atoms with Crippen LogP contribution in [0.5, 0.6) is 0 Å². The summed E-state index contributed by atoms with van der Waals surface area (Å²) in [5.74, 6) is 0. The largest absolute Gasteiger partial charge is 0.128 e. The van der Waals surface area contributed by atoms with Crippen LogP contribution in [0.15, 0.2) is 77.0 Å². The average Bonchev–Trinajstić information content (AvgIpc) is 2.37. The summed E-state index contributed by atoms with van der Waals surface area (Å²) in [5.41, 5.74) is 7.11. The van der Waals surface area contributed by atoms with Gasteiger partial charge in [0.1, 0.15) is 0 Å². The van der Waals surface area contributed by atoms with E-state index >= 15 is 0 Å². The molecule has 1 heteroatoms. The van der Waals surface area contributed by atoms with Gasteiger partial charge >= 0.3 is 0 Å². The number of benzene rings is 1. The summed E-state index contributed by atoms with van der Waals surface area (Å²) in [6.45, 7) is 11.9. The molecular weight excluding hydrogens is 284 g/mol. The van der Waals surface area contributed by atoms with E-state index in [-0.39, 0.29) is 0 Å². The molecule has 0 saturated carbocycles. The Morgan fingerprint density at radius 1 is 1.22 bits per heavy atom. The van der Waals surface area contributed by atoms with Gasteiger partial charge in [0, 0.05) is 4.48 Å². The van der Waals surface area contributed by atoms with Crippen molar-refractivity contribution in [3.05, 3.63) is 82.6 Å². The molecule has 0 fully saturated rings. The van der Waals surface area contributed by atoms with Gasteiger partial charge in [0.15, 0.2) is 0 Å². The third-order valence-corrected chi connectivity index (χ3v) is 3.28. The van der Waals surface area contributed by atoms with E-state index in [2.05, 4.69) is 54.7 Å². The number of rotatable bonds is 4. The van der Waals surface area contributed by atoms with Crippen LogP contribution in [0.25, 0.3) is 5.57 Å². The van der Waals surface area contributed by atoms with Crippen molar-refractivity contribution < 1.29 is 0 Å². The summed E-state index contributed by atoms with van der Waals surface area (Å²) in [7, 11) is 0. The number of halogens is 1. The fraction of sp³-hybridized carbons (Fsp3) is 0.118. The Bertz CT molecular complexity index is 534. The Kier molecular flexibility index (Phi) is 5.64. The second-order valence-electron chi connectivity index (χ2n) is 4.18. The molecule has 0 unspecified atom stereocenters. The van der Waals surface area contributed by atoms with Crippen LogP contribution < -0.4 is 0 Å². The Labute approximate surface area is 118 Å². The molecule has 0 atom stereocenters. The highest BCUT2D eigenvalue weighted by Gasteiger charge is 2.05. The molecule has 0 amide bonds. The first-order valence-corrected chi connectivity index (χ1v) is 6.50. The lowest BCUT2D eigenvalue weighted by Crippen LogP contribution is -1.86. The fourth-order valence-electron chi connectivity index (χ4n) is 1.53. The molecule has 0 N–H and O–H groups in total. The highest BCUT2D eigenvalue weighted by molar-refractivity contribution is 9.12. The summed E-state index contributed by atoms with van der Waals surface area (Å²) in [6.07, 6.45) is 3.93. The molecule has 0 aliphatic heterocycles. The molecule has 92 valence electrons. The molecule has 1 rings (SSSR count). The molecule has 1 aromatic carbocycles. The maximum atomic E-state index is 4.13. The van der Waals surface area contributed by atoms with Crippen molar-refractivity contribution >= 4 is 21.5 Å². The van der Waals surface area contributed by atoms with Crippen LogP contribution in [-0.2, 0) is 0 Å². The number of hydrogen-bond donors (Lipinski definition) is 0. The fourth-order valence-corrected chi connectivity index (χ4v) is 1.99.